The molecule has 0 spiro atoms. The van der Waals surface area contributed by atoms with E-state index in [4.69, 9.17) is 9.47 Å². The van der Waals surface area contributed by atoms with Crippen LogP contribution < -0.4 is 14.8 Å². The summed E-state index contributed by atoms with van der Waals surface area (Å²) in [4.78, 5) is 0. The van der Waals surface area contributed by atoms with Crippen LogP contribution in [0.4, 0.5) is 0 Å². The number of methoxy groups -OCH3 is 2. The number of para-hydroxylation sites is 1. The molecule has 18 heavy (non-hydrogen) atoms. The van der Waals surface area contributed by atoms with E-state index < -0.39 is 0 Å². The molecule has 0 saturated heterocycles. The van der Waals surface area contributed by atoms with Gasteiger partial charge in [0.05, 0.1) is 14.2 Å². The molecule has 3 heteroatoms. The Morgan fingerprint density at radius 3 is 2.72 bits per heavy atom. The predicted octanol–water partition coefficient (Wildman–Crippen LogP) is 2.98. The first-order chi connectivity index (χ1) is 8.85. The quantitative estimate of drug-likeness (QED) is 0.718. The fraction of sp³-hybridized carbons (Fsp3) is 0.600. The molecule has 1 aliphatic rings. The molecular weight excluding hydrogens is 226 g/mol. The van der Waals surface area contributed by atoms with Gasteiger partial charge in [0.15, 0.2) is 11.5 Å². The molecule has 1 saturated carbocycles. The van der Waals surface area contributed by atoms with Crippen molar-refractivity contribution >= 4 is 0 Å². The zero-order chi connectivity index (χ0) is 12.8. The van der Waals surface area contributed by atoms with Gasteiger partial charge in [-0.25, -0.2) is 0 Å². The monoisotopic (exact) mass is 249 g/mol. The highest BCUT2D eigenvalue weighted by Crippen LogP contribution is 2.33. The molecular formula is C15H23NO2. The van der Waals surface area contributed by atoms with Crippen LogP contribution >= 0.6 is 0 Å². The summed E-state index contributed by atoms with van der Waals surface area (Å²) >= 11 is 0. The van der Waals surface area contributed by atoms with Crippen molar-refractivity contribution in [3.8, 4) is 11.5 Å². The van der Waals surface area contributed by atoms with Gasteiger partial charge in [-0.15, -0.1) is 0 Å². The Kier molecular flexibility index (Phi) is 4.88. The van der Waals surface area contributed by atoms with E-state index in [1.807, 2.05) is 12.1 Å². The molecule has 1 aromatic rings. The van der Waals surface area contributed by atoms with Crippen molar-refractivity contribution in [3.63, 3.8) is 0 Å². The molecule has 1 N–H and O–H groups in total. The molecule has 1 aliphatic carbocycles. The summed E-state index contributed by atoms with van der Waals surface area (Å²) in [5, 5.41) is 3.48. The maximum atomic E-state index is 5.41. The largest absolute Gasteiger partial charge is 0.493 e. The van der Waals surface area contributed by atoms with Gasteiger partial charge < -0.3 is 14.8 Å². The lowest BCUT2D eigenvalue weighted by Crippen LogP contribution is -2.15. The number of ether oxygens (including phenoxy) is 2. The Labute approximate surface area is 109 Å². The zero-order valence-corrected chi connectivity index (χ0v) is 11.4. The van der Waals surface area contributed by atoms with Gasteiger partial charge in [0.25, 0.3) is 0 Å². The summed E-state index contributed by atoms with van der Waals surface area (Å²) in [5.41, 5.74) is 1.16. The fourth-order valence-corrected chi connectivity index (χ4v) is 2.24. The minimum absolute atomic E-state index is 0.801. The molecule has 100 valence electrons. The number of rotatable bonds is 8. The maximum Gasteiger partial charge on any atom is 0.165 e. The lowest BCUT2D eigenvalue weighted by molar-refractivity contribution is 0.350. The molecule has 1 aromatic carbocycles. The molecule has 0 unspecified atom stereocenters. The number of nitrogens with one attached hydrogen (secondary N) is 1. The van der Waals surface area contributed by atoms with Crippen LogP contribution in [-0.2, 0) is 6.54 Å². The lowest BCUT2D eigenvalue weighted by atomic mass is 10.1. The first-order valence-electron chi connectivity index (χ1n) is 6.75. The van der Waals surface area contributed by atoms with Crippen LogP contribution in [0.15, 0.2) is 18.2 Å². The van der Waals surface area contributed by atoms with Gasteiger partial charge in [-0.05, 0) is 31.4 Å². The average Bonchev–Trinajstić information content (AvgIpc) is 3.22. The van der Waals surface area contributed by atoms with E-state index >= 15 is 0 Å². The Bertz CT molecular complexity index is 375. The van der Waals surface area contributed by atoms with Crippen molar-refractivity contribution in [2.24, 2.45) is 5.92 Å². The third kappa shape index (κ3) is 3.64. The third-order valence-electron chi connectivity index (χ3n) is 3.46. The van der Waals surface area contributed by atoms with Gasteiger partial charge >= 0.3 is 0 Å². The van der Waals surface area contributed by atoms with Gasteiger partial charge in [-0.2, -0.15) is 0 Å². The number of benzene rings is 1. The van der Waals surface area contributed by atoms with Crippen LogP contribution in [-0.4, -0.2) is 20.8 Å². The molecule has 0 amide bonds. The molecule has 0 bridgehead atoms. The normalized spacial score (nSPS) is 14.6. The van der Waals surface area contributed by atoms with E-state index in [2.05, 4.69) is 11.4 Å². The third-order valence-corrected chi connectivity index (χ3v) is 3.46. The highest BCUT2D eigenvalue weighted by molar-refractivity contribution is 5.46. The van der Waals surface area contributed by atoms with Gasteiger partial charge in [-0.1, -0.05) is 25.0 Å². The number of hydrogen-bond donors (Lipinski definition) is 1. The first-order valence-corrected chi connectivity index (χ1v) is 6.75. The van der Waals surface area contributed by atoms with Crippen LogP contribution in [0.25, 0.3) is 0 Å². The second kappa shape index (κ2) is 6.64. The minimum atomic E-state index is 0.801. The molecule has 1 fully saturated rings. The summed E-state index contributed by atoms with van der Waals surface area (Å²) in [7, 11) is 3.36. The molecule has 0 atom stereocenters. The van der Waals surface area contributed by atoms with Crippen molar-refractivity contribution in [2.75, 3.05) is 20.8 Å². The van der Waals surface area contributed by atoms with Crippen LogP contribution in [0.3, 0.4) is 0 Å². The van der Waals surface area contributed by atoms with Gasteiger partial charge in [0, 0.05) is 12.1 Å². The van der Waals surface area contributed by atoms with Crippen molar-refractivity contribution in [1.82, 2.24) is 5.32 Å². The van der Waals surface area contributed by atoms with Crippen molar-refractivity contribution in [2.45, 2.75) is 32.2 Å². The fourth-order valence-electron chi connectivity index (χ4n) is 2.24. The van der Waals surface area contributed by atoms with E-state index in [1.165, 1.54) is 25.7 Å². The standard InChI is InChI=1S/C15H23NO2/c1-17-14-7-3-6-13(15(14)18-2)11-16-10-4-5-12-8-9-12/h3,6-7,12,16H,4-5,8-11H2,1-2H3. The Hall–Kier alpha value is -1.22. The lowest BCUT2D eigenvalue weighted by Gasteiger charge is -2.13. The summed E-state index contributed by atoms with van der Waals surface area (Å²) < 4.78 is 10.7. The van der Waals surface area contributed by atoms with E-state index in [0.29, 0.717) is 0 Å². The van der Waals surface area contributed by atoms with Crippen LogP contribution in [0, 0.1) is 5.92 Å². The van der Waals surface area contributed by atoms with E-state index in [-0.39, 0.29) is 0 Å². The number of hydrogen-bond acceptors (Lipinski definition) is 3. The summed E-state index contributed by atoms with van der Waals surface area (Å²) in [6.07, 6.45) is 5.55. The van der Waals surface area contributed by atoms with E-state index in [1.54, 1.807) is 14.2 Å². The maximum absolute atomic E-state index is 5.41. The summed E-state index contributed by atoms with van der Waals surface area (Å²) in [6.45, 7) is 1.92. The van der Waals surface area contributed by atoms with E-state index in [0.717, 1.165) is 36.1 Å². The molecule has 0 heterocycles. The Balaban J connectivity index is 1.79. The van der Waals surface area contributed by atoms with Gasteiger partial charge in [-0.3, -0.25) is 0 Å². The highest BCUT2D eigenvalue weighted by Gasteiger charge is 2.19. The first kappa shape index (κ1) is 13.2. The van der Waals surface area contributed by atoms with Gasteiger partial charge in [0.2, 0.25) is 0 Å². The van der Waals surface area contributed by atoms with Crippen molar-refractivity contribution in [1.29, 1.82) is 0 Å². The SMILES string of the molecule is COc1cccc(CNCCCC2CC2)c1OC. The molecule has 0 radical (unpaired) electrons. The molecule has 3 nitrogen and oxygen atoms in total. The smallest absolute Gasteiger partial charge is 0.165 e. The topological polar surface area (TPSA) is 30.5 Å². The van der Waals surface area contributed by atoms with Gasteiger partial charge in [0.1, 0.15) is 0 Å². The zero-order valence-electron chi connectivity index (χ0n) is 11.4. The van der Waals surface area contributed by atoms with Crippen LogP contribution in [0.2, 0.25) is 0 Å². The second-order valence-electron chi connectivity index (χ2n) is 4.92. The Morgan fingerprint density at radius 1 is 1.22 bits per heavy atom. The highest BCUT2D eigenvalue weighted by atomic mass is 16.5. The van der Waals surface area contributed by atoms with E-state index in [9.17, 15) is 0 Å². The Morgan fingerprint density at radius 2 is 2.06 bits per heavy atom. The second-order valence-corrected chi connectivity index (χ2v) is 4.92. The van der Waals surface area contributed by atoms with Crippen molar-refractivity contribution in [3.05, 3.63) is 23.8 Å². The molecule has 2 rings (SSSR count). The average molecular weight is 249 g/mol. The molecule has 0 aromatic heterocycles. The predicted molar refractivity (Wildman–Crippen MR) is 73.2 cm³/mol. The van der Waals surface area contributed by atoms with Crippen LogP contribution in [0.5, 0.6) is 11.5 Å². The van der Waals surface area contributed by atoms with Crippen molar-refractivity contribution < 1.29 is 9.47 Å². The molecule has 0 aliphatic heterocycles. The summed E-state index contributed by atoms with van der Waals surface area (Å²) in [5.74, 6) is 2.67. The minimum Gasteiger partial charge on any atom is -0.493 e. The summed E-state index contributed by atoms with van der Waals surface area (Å²) in [6, 6.07) is 6.01. The van der Waals surface area contributed by atoms with Crippen LogP contribution in [0.1, 0.15) is 31.2 Å².